The van der Waals surface area contributed by atoms with E-state index in [1.807, 2.05) is 0 Å². The van der Waals surface area contributed by atoms with Gasteiger partial charge in [-0.25, -0.2) is 0 Å². The molecule has 2 aliphatic rings. The van der Waals surface area contributed by atoms with Crippen molar-refractivity contribution in [3.8, 4) is 0 Å². The lowest BCUT2D eigenvalue weighted by Gasteiger charge is -2.34. The standard InChI is InChI=1S/C15H29N3O/c1-12-11-17(2)8-3-9-18(12)15(19)14-6-4-13(10-16)5-7-14/h12-14H,3-11,16H2,1-2H3. The SMILES string of the molecule is CC1CN(C)CCCN1C(=O)C1CCC(CN)CC1. The smallest absolute Gasteiger partial charge is 0.225 e. The molecule has 19 heavy (non-hydrogen) atoms. The second-order valence-corrected chi connectivity index (χ2v) is 6.45. The summed E-state index contributed by atoms with van der Waals surface area (Å²) < 4.78 is 0. The van der Waals surface area contributed by atoms with Crippen LogP contribution in [-0.2, 0) is 4.79 Å². The highest BCUT2D eigenvalue weighted by molar-refractivity contribution is 5.79. The van der Waals surface area contributed by atoms with Crippen LogP contribution in [0.15, 0.2) is 0 Å². The molecule has 0 radical (unpaired) electrons. The van der Waals surface area contributed by atoms with Crippen LogP contribution in [0, 0.1) is 11.8 Å². The topological polar surface area (TPSA) is 49.6 Å². The quantitative estimate of drug-likeness (QED) is 0.820. The summed E-state index contributed by atoms with van der Waals surface area (Å²) in [4.78, 5) is 17.2. The molecule has 4 nitrogen and oxygen atoms in total. The first-order valence-corrected chi connectivity index (χ1v) is 7.81. The number of hydrogen-bond donors (Lipinski definition) is 1. The molecule has 0 bridgehead atoms. The van der Waals surface area contributed by atoms with E-state index in [-0.39, 0.29) is 5.92 Å². The zero-order chi connectivity index (χ0) is 13.8. The Hall–Kier alpha value is -0.610. The van der Waals surface area contributed by atoms with Gasteiger partial charge in [-0.3, -0.25) is 4.79 Å². The molecule has 1 amide bonds. The van der Waals surface area contributed by atoms with Gasteiger partial charge in [0.1, 0.15) is 0 Å². The van der Waals surface area contributed by atoms with E-state index in [1.54, 1.807) is 0 Å². The van der Waals surface area contributed by atoms with E-state index in [4.69, 9.17) is 5.73 Å². The van der Waals surface area contributed by atoms with Crippen molar-refractivity contribution in [2.24, 2.45) is 17.6 Å². The molecule has 110 valence electrons. The number of likely N-dealkylation sites (N-methyl/N-ethyl adjacent to an activating group) is 1. The molecule has 1 aliphatic heterocycles. The molecule has 2 N–H and O–H groups in total. The number of carbonyl (C=O) groups excluding carboxylic acids is 1. The minimum Gasteiger partial charge on any atom is -0.338 e. The lowest BCUT2D eigenvalue weighted by Crippen LogP contribution is -2.45. The van der Waals surface area contributed by atoms with Gasteiger partial charge in [-0.2, -0.15) is 0 Å². The van der Waals surface area contributed by atoms with Gasteiger partial charge in [0.15, 0.2) is 0 Å². The first-order valence-electron chi connectivity index (χ1n) is 7.81. The third kappa shape index (κ3) is 3.69. The van der Waals surface area contributed by atoms with Crippen molar-refractivity contribution < 1.29 is 4.79 Å². The summed E-state index contributed by atoms with van der Waals surface area (Å²) in [5.41, 5.74) is 5.72. The van der Waals surface area contributed by atoms with Crippen LogP contribution in [0.2, 0.25) is 0 Å². The average molecular weight is 267 g/mol. The van der Waals surface area contributed by atoms with E-state index in [0.29, 0.717) is 17.9 Å². The molecule has 0 aromatic rings. The van der Waals surface area contributed by atoms with Crippen LogP contribution in [0.3, 0.4) is 0 Å². The van der Waals surface area contributed by atoms with Crippen LogP contribution in [0.1, 0.15) is 39.0 Å². The zero-order valence-electron chi connectivity index (χ0n) is 12.5. The summed E-state index contributed by atoms with van der Waals surface area (Å²) >= 11 is 0. The van der Waals surface area contributed by atoms with Gasteiger partial charge in [-0.05, 0) is 65.1 Å². The van der Waals surface area contributed by atoms with Crippen LogP contribution >= 0.6 is 0 Å². The van der Waals surface area contributed by atoms with Crippen LogP contribution in [0.25, 0.3) is 0 Å². The maximum absolute atomic E-state index is 12.7. The van der Waals surface area contributed by atoms with Crippen molar-refractivity contribution in [3.05, 3.63) is 0 Å². The van der Waals surface area contributed by atoms with E-state index in [2.05, 4.69) is 23.8 Å². The van der Waals surface area contributed by atoms with Gasteiger partial charge in [0.05, 0.1) is 0 Å². The minimum absolute atomic E-state index is 0.258. The molecular weight excluding hydrogens is 238 g/mol. The number of rotatable bonds is 2. The largest absolute Gasteiger partial charge is 0.338 e. The highest BCUT2D eigenvalue weighted by Gasteiger charge is 2.32. The Kier molecular flexibility index (Phi) is 5.22. The Labute approximate surface area is 117 Å². The van der Waals surface area contributed by atoms with Gasteiger partial charge in [0.25, 0.3) is 0 Å². The van der Waals surface area contributed by atoms with E-state index in [1.165, 1.54) is 0 Å². The van der Waals surface area contributed by atoms with E-state index in [9.17, 15) is 4.79 Å². The minimum atomic E-state index is 0.258. The van der Waals surface area contributed by atoms with E-state index in [0.717, 1.165) is 58.3 Å². The molecule has 0 aromatic heterocycles. The maximum atomic E-state index is 12.7. The molecule has 1 unspecified atom stereocenters. The Balaban J connectivity index is 1.91. The lowest BCUT2D eigenvalue weighted by molar-refractivity contribution is -0.138. The average Bonchev–Trinajstić information content (AvgIpc) is 2.58. The zero-order valence-corrected chi connectivity index (χ0v) is 12.5. The molecule has 0 aromatic carbocycles. The first-order chi connectivity index (χ1) is 9.11. The van der Waals surface area contributed by atoms with E-state index >= 15 is 0 Å². The molecule has 1 atom stereocenters. The van der Waals surface area contributed by atoms with Gasteiger partial charge in [0, 0.05) is 25.0 Å². The molecule has 4 heteroatoms. The summed E-state index contributed by atoms with van der Waals surface area (Å²) in [6.45, 7) is 6.01. The summed E-state index contributed by atoms with van der Waals surface area (Å²) in [5.74, 6) is 1.31. The third-order valence-electron chi connectivity index (χ3n) is 4.86. The number of amides is 1. The second-order valence-electron chi connectivity index (χ2n) is 6.45. The lowest BCUT2D eigenvalue weighted by atomic mass is 9.81. The number of nitrogens with zero attached hydrogens (tertiary/aromatic N) is 2. The van der Waals surface area contributed by atoms with Crippen molar-refractivity contribution in [2.45, 2.75) is 45.1 Å². The molecule has 1 heterocycles. The molecule has 1 aliphatic carbocycles. The highest BCUT2D eigenvalue weighted by Crippen LogP contribution is 2.30. The van der Waals surface area contributed by atoms with Gasteiger partial charge < -0.3 is 15.5 Å². The van der Waals surface area contributed by atoms with Gasteiger partial charge >= 0.3 is 0 Å². The predicted octanol–water partition coefficient (Wildman–Crippen LogP) is 1.30. The predicted molar refractivity (Wildman–Crippen MR) is 77.8 cm³/mol. The van der Waals surface area contributed by atoms with Gasteiger partial charge in [0.2, 0.25) is 5.91 Å². The van der Waals surface area contributed by atoms with Gasteiger partial charge in [-0.15, -0.1) is 0 Å². The summed E-state index contributed by atoms with van der Waals surface area (Å²) in [6, 6.07) is 0.354. The van der Waals surface area contributed by atoms with Crippen LogP contribution in [0.4, 0.5) is 0 Å². The van der Waals surface area contributed by atoms with Crippen LogP contribution < -0.4 is 5.73 Å². The Bertz CT molecular complexity index is 300. The first kappa shape index (κ1) is 14.8. The summed E-state index contributed by atoms with van der Waals surface area (Å²) in [5, 5.41) is 0. The Morgan fingerprint density at radius 2 is 1.89 bits per heavy atom. The molecule has 1 saturated carbocycles. The fourth-order valence-electron chi connectivity index (χ4n) is 3.58. The van der Waals surface area contributed by atoms with Crippen molar-refractivity contribution >= 4 is 5.91 Å². The molecule has 0 spiro atoms. The maximum Gasteiger partial charge on any atom is 0.225 e. The monoisotopic (exact) mass is 267 g/mol. The molecule has 2 fully saturated rings. The van der Waals surface area contributed by atoms with Gasteiger partial charge in [-0.1, -0.05) is 0 Å². The van der Waals surface area contributed by atoms with Crippen molar-refractivity contribution in [3.63, 3.8) is 0 Å². The number of hydrogen-bond acceptors (Lipinski definition) is 3. The molecule has 2 rings (SSSR count). The van der Waals surface area contributed by atoms with Crippen LogP contribution in [0.5, 0.6) is 0 Å². The fourth-order valence-corrected chi connectivity index (χ4v) is 3.58. The summed E-state index contributed by atoms with van der Waals surface area (Å²) in [6.07, 6.45) is 5.45. The molecule has 1 saturated heterocycles. The Morgan fingerprint density at radius 3 is 2.53 bits per heavy atom. The number of nitrogens with two attached hydrogens (primary N) is 1. The van der Waals surface area contributed by atoms with E-state index < -0.39 is 0 Å². The fraction of sp³-hybridized carbons (Fsp3) is 0.933. The second kappa shape index (κ2) is 6.71. The van der Waals surface area contributed by atoms with Crippen molar-refractivity contribution in [1.29, 1.82) is 0 Å². The highest BCUT2D eigenvalue weighted by atomic mass is 16.2. The third-order valence-corrected chi connectivity index (χ3v) is 4.86. The number of carbonyl (C=O) groups is 1. The normalized spacial score (nSPS) is 34.1. The molecular formula is C15H29N3O. The van der Waals surface area contributed by atoms with Crippen molar-refractivity contribution in [2.75, 3.05) is 33.2 Å². The Morgan fingerprint density at radius 1 is 1.21 bits per heavy atom. The van der Waals surface area contributed by atoms with Crippen LogP contribution in [-0.4, -0.2) is 55.0 Å². The summed E-state index contributed by atoms with van der Waals surface area (Å²) in [7, 11) is 2.15. The van der Waals surface area contributed by atoms with Crippen molar-refractivity contribution in [1.82, 2.24) is 9.80 Å².